The Morgan fingerprint density at radius 1 is 1.58 bits per heavy atom. The van der Waals surface area contributed by atoms with Crippen LogP contribution in [-0.4, -0.2) is 43.4 Å². The van der Waals surface area contributed by atoms with Gasteiger partial charge >= 0.3 is 5.97 Å². The molecule has 0 amide bonds. The molecule has 0 aromatic rings. The first-order chi connectivity index (χ1) is 5.68. The smallest absolute Gasteiger partial charge is 0.324 e. The predicted octanol–water partition coefficient (Wildman–Crippen LogP) is 0.732. The van der Waals surface area contributed by atoms with E-state index in [2.05, 4.69) is 0 Å². The molecule has 1 unspecified atom stereocenters. The number of ether oxygens (including phenoxy) is 2. The van der Waals surface area contributed by atoms with Crippen LogP contribution in [0.15, 0.2) is 0 Å². The van der Waals surface area contributed by atoms with Crippen LogP contribution in [-0.2, 0) is 14.3 Å². The summed E-state index contributed by atoms with van der Waals surface area (Å²) >= 11 is 5.37. The van der Waals surface area contributed by atoms with Crippen LogP contribution in [0.4, 0.5) is 0 Å². The van der Waals surface area contributed by atoms with E-state index in [0.29, 0.717) is 13.2 Å². The van der Waals surface area contributed by atoms with Crippen LogP contribution in [0.2, 0.25) is 0 Å². The zero-order valence-corrected chi connectivity index (χ0v) is 7.71. The average molecular weight is 197 g/mol. The molecule has 1 N–H and O–H groups in total. The first-order valence-corrected chi connectivity index (χ1v) is 4.05. The first kappa shape index (κ1) is 11.7. The van der Waals surface area contributed by atoms with Crippen LogP contribution in [0.25, 0.3) is 0 Å². The Labute approximate surface area is 76.4 Å². The Morgan fingerprint density at radius 3 is 2.75 bits per heavy atom. The zero-order chi connectivity index (χ0) is 9.40. The van der Waals surface area contributed by atoms with Crippen LogP contribution in [0, 0.1) is 0 Å². The monoisotopic (exact) mass is 196 g/mol. The highest BCUT2D eigenvalue weighted by atomic mass is 35.5. The van der Waals surface area contributed by atoms with Crippen molar-refractivity contribution in [2.24, 2.45) is 0 Å². The number of carbonyl (C=O) groups is 1. The fraction of sp³-hybridized carbons (Fsp3) is 0.857. The molecule has 0 saturated carbocycles. The van der Waals surface area contributed by atoms with E-state index in [1.807, 2.05) is 0 Å². The molecule has 5 heteroatoms. The van der Waals surface area contributed by atoms with E-state index < -0.39 is 11.3 Å². The summed E-state index contributed by atoms with van der Waals surface area (Å²) in [5.41, 5.74) is 0. The molecule has 72 valence electrons. The Balaban J connectivity index is 3.14. The molecule has 0 aliphatic heterocycles. The Morgan fingerprint density at radius 2 is 2.25 bits per heavy atom. The van der Waals surface area contributed by atoms with Crippen molar-refractivity contribution in [1.82, 2.24) is 0 Å². The molecule has 0 radical (unpaired) electrons. The van der Waals surface area contributed by atoms with Gasteiger partial charge < -0.3 is 14.6 Å². The minimum absolute atomic E-state index is 0.0423. The lowest BCUT2D eigenvalue weighted by Crippen LogP contribution is -2.20. The molecular formula is C7H13ClO4. The summed E-state index contributed by atoms with van der Waals surface area (Å²) in [5.74, 6) is -1.05. The standard InChI is InChI=1S/C7H13ClO4/c1-11-3-2-4-12-5-6(8)7(9)10/h6H,2-5H2,1H3,(H,9,10). The zero-order valence-electron chi connectivity index (χ0n) is 6.96. The molecule has 0 heterocycles. The Bertz CT molecular complexity index is 129. The topological polar surface area (TPSA) is 55.8 Å². The molecule has 0 aliphatic rings. The molecule has 0 bridgehead atoms. The van der Waals surface area contributed by atoms with E-state index in [1.165, 1.54) is 0 Å². The molecule has 4 nitrogen and oxygen atoms in total. The summed E-state index contributed by atoms with van der Waals surface area (Å²) < 4.78 is 9.73. The van der Waals surface area contributed by atoms with Crippen LogP contribution in [0.5, 0.6) is 0 Å². The van der Waals surface area contributed by atoms with Gasteiger partial charge in [0.1, 0.15) is 0 Å². The van der Waals surface area contributed by atoms with Crippen molar-refractivity contribution in [2.75, 3.05) is 26.9 Å². The van der Waals surface area contributed by atoms with Crippen molar-refractivity contribution in [3.05, 3.63) is 0 Å². The van der Waals surface area contributed by atoms with Crippen molar-refractivity contribution in [3.8, 4) is 0 Å². The lowest BCUT2D eigenvalue weighted by atomic mass is 10.4. The summed E-state index contributed by atoms with van der Waals surface area (Å²) in [6, 6.07) is 0. The molecular weight excluding hydrogens is 184 g/mol. The Hall–Kier alpha value is -0.320. The quantitative estimate of drug-likeness (QED) is 0.482. The van der Waals surface area contributed by atoms with Crippen LogP contribution in [0.3, 0.4) is 0 Å². The number of alkyl halides is 1. The van der Waals surface area contributed by atoms with Gasteiger partial charge in [0, 0.05) is 20.3 Å². The molecule has 0 aromatic heterocycles. The second-order valence-corrected chi connectivity index (χ2v) is 2.75. The molecule has 1 atom stereocenters. The van der Waals surface area contributed by atoms with Crippen molar-refractivity contribution >= 4 is 17.6 Å². The van der Waals surface area contributed by atoms with Crippen molar-refractivity contribution in [2.45, 2.75) is 11.8 Å². The average Bonchev–Trinajstić information content (AvgIpc) is 2.03. The lowest BCUT2D eigenvalue weighted by molar-refractivity contribution is -0.137. The fourth-order valence-electron chi connectivity index (χ4n) is 0.563. The van der Waals surface area contributed by atoms with Crippen LogP contribution in [0.1, 0.15) is 6.42 Å². The summed E-state index contributed by atoms with van der Waals surface area (Å²) in [5, 5.41) is 7.40. The van der Waals surface area contributed by atoms with E-state index in [-0.39, 0.29) is 6.61 Å². The molecule has 0 aromatic carbocycles. The van der Waals surface area contributed by atoms with Crippen LogP contribution >= 0.6 is 11.6 Å². The molecule has 12 heavy (non-hydrogen) atoms. The maximum absolute atomic E-state index is 10.2. The van der Waals surface area contributed by atoms with Crippen molar-refractivity contribution < 1.29 is 19.4 Å². The third kappa shape index (κ3) is 6.39. The van der Waals surface area contributed by atoms with Gasteiger partial charge in [0.05, 0.1) is 6.61 Å². The molecule has 0 aliphatic carbocycles. The summed E-state index contributed by atoms with van der Waals surface area (Å²) in [4.78, 5) is 10.2. The SMILES string of the molecule is COCCCOCC(Cl)C(=O)O. The number of methoxy groups -OCH3 is 1. The van der Waals surface area contributed by atoms with Gasteiger partial charge in [-0.2, -0.15) is 0 Å². The van der Waals surface area contributed by atoms with E-state index in [1.54, 1.807) is 7.11 Å². The van der Waals surface area contributed by atoms with Gasteiger partial charge in [-0.1, -0.05) is 0 Å². The van der Waals surface area contributed by atoms with Gasteiger partial charge in [-0.3, -0.25) is 4.79 Å². The van der Waals surface area contributed by atoms with E-state index >= 15 is 0 Å². The minimum atomic E-state index is -1.05. The predicted molar refractivity (Wildman–Crippen MR) is 44.6 cm³/mol. The maximum atomic E-state index is 10.2. The Kier molecular flexibility index (Phi) is 7.14. The van der Waals surface area contributed by atoms with Gasteiger partial charge in [0.15, 0.2) is 5.38 Å². The summed E-state index contributed by atoms with van der Waals surface area (Å²) in [7, 11) is 1.60. The summed E-state index contributed by atoms with van der Waals surface area (Å²) in [6.45, 7) is 1.13. The third-order valence-corrected chi connectivity index (χ3v) is 1.48. The third-order valence-electron chi connectivity index (χ3n) is 1.17. The number of carboxylic acids is 1. The van der Waals surface area contributed by atoms with Gasteiger partial charge in [-0.05, 0) is 6.42 Å². The van der Waals surface area contributed by atoms with Gasteiger partial charge in [0.2, 0.25) is 0 Å². The lowest BCUT2D eigenvalue weighted by Gasteiger charge is -2.05. The number of hydrogen-bond donors (Lipinski definition) is 1. The largest absolute Gasteiger partial charge is 0.480 e. The van der Waals surface area contributed by atoms with Gasteiger partial charge in [-0.25, -0.2) is 0 Å². The maximum Gasteiger partial charge on any atom is 0.324 e. The molecule has 0 fully saturated rings. The number of halogens is 1. The number of hydrogen-bond acceptors (Lipinski definition) is 3. The number of carboxylic acid groups (broad SMARTS) is 1. The number of aliphatic carboxylic acids is 1. The summed E-state index contributed by atoms with van der Waals surface area (Å²) in [6.07, 6.45) is 0.750. The second-order valence-electron chi connectivity index (χ2n) is 2.23. The fourth-order valence-corrected chi connectivity index (χ4v) is 0.653. The molecule has 0 spiro atoms. The molecule has 0 rings (SSSR count). The van der Waals surface area contributed by atoms with Gasteiger partial charge in [0.25, 0.3) is 0 Å². The van der Waals surface area contributed by atoms with Crippen LogP contribution < -0.4 is 0 Å². The van der Waals surface area contributed by atoms with E-state index in [9.17, 15) is 4.79 Å². The first-order valence-electron chi connectivity index (χ1n) is 3.62. The highest BCUT2D eigenvalue weighted by molar-refractivity contribution is 6.29. The van der Waals surface area contributed by atoms with E-state index in [0.717, 1.165) is 6.42 Å². The number of rotatable bonds is 7. The minimum Gasteiger partial charge on any atom is -0.480 e. The second kappa shape index (κ2) is 7.34. The normalized spacial score (nSPS) is 12.8. The highest BCUT2D eigenvalue weighted by Gasteiger charge is 2.12. The van der Waals surface area contributed by atoms with Gasteiger partial charge in [-0.15, -0.1) is 11.6 Å². The molecule has 0 saturated heterocycles. The van der Waals surface area contributed by atoms with Crippen molar-refractivity contribution in [1.29, 1.82) is 0 Å². The highest BCUT2D eigenvalue weighted by Crippen LogP contribution is 1.96. The van der Waals surface area contributed by atoms with Crippen molar-refractivity contribution in [3.63, 3.8) is 0 Å². The van der Waals surface area contributed by atoms with E-state index in [4.69, 9.17) is 26.2 Å².